The second kappa shape index (κ2) is 7.04. The van der Waals surface area contributed by atoms with E-state index in [1.807, 2.05) is 0 Å². The molecule has 1 saturated heterocycles. The van der Waals surface area contributed by atoms with Crippen LogP contribution in [0.25, 0.3) is 0 Å². The van der Waals surface area contributed by atoms with E-state index in [0.29, 0.717) is 5.95 Å². The van der Waals surface area contributed by atoms with Crippen molar-refractivity contribution in [2.75, 3.05) is 44.7 Å². The fourth-order valence-corrected chi connectivity index (χ4v) is 3.02. The van der Waals surface area contributed by atoms with Crippen LogP contribution in [-0.4, -0.2) is 54.3 Å². The molecule has 0 amide bonds. The van der Waals surface area contributed by atoms with Crippen molar-refractivity contribution in [3.8, 4) is 0 Å². The van der Waals surface area contributed by atoms with Gasteiger partial charge >= 0.3 is 0 Å². The topological polar surface area (TPSA) is 70.2 Å². The quantitative estimate of drug-likeness (QED) is 0.785. The molecule has 0 spiro atoms. The molecule has 6 nitrogen and oxygen atoms in total. The summed E-state index contributed by atoms with van der Waals surface area (Å²) in [5, 5.41) is 3.25. The van der Waals surface area contributed by atoms with Gasteiger partial charge in [-0.05, 0) is 38.6 Å². The molecule has 0 saturated carbocycles. The fraction of sp³-hybridized carbons (Fsp3) is 0.733. The van der Waals surface area contributed by atoms with Crippen LogP contribution in [-0.2, 0) is 17.6 Å². The van der Waals surface area contributed by atoms with E-state index in [0.717, 1.165) is 82.8 Å². The second-order valence-corrected chi connectivity index (χ2v) is 5.78. The SMILES string of the molecule is O=c1[nH]c(NCCCN2CCOCC2)nc2c1CCCC2. The van der Waals surface area contributed by atoms with Crippen molar-refractivity contribution in [2.24, 2.45) is 0 Å². The lowest BCUT2D eigenvalue weighted by atomic mass is 9.97. The van der Waals surface area contributed by atoms with Gasteiger partial charge in [0.05, 0.1) is 18.9 Å². The smallest absolute Gasteiger partial charge is 0.255 e. The largest absolute Gasteiger partial charge is 0.379 e. The molecule has 21 heavy (non-hydrogen) atoms. The summed E-state index contributed by atoms with van der Waals surface area (Å²) in [6.07, 6.45) is 5.08. The Kier molecular flexibility index (Phi) is 4.87. The highest BCUT2D eigenvalue weighted by atomic mass is 16.5. The maximum absolute atomic E-state index is 12.0. The molecule has 1 aliphatic carbocycles. The van der Waals surface area contributed by atoms with E-state index in [1.54, 1.807) is 0 Å². The molecule has 0 radical (unpaired) electrons. The number of morpholine rings is 1. The Morgan fingerprint density at radius 2 is 2.05 bits per heavy atom. The number of rotatable bonds is 5. The molecule has 1 aromatic heterocycles. The molecule has 1 aromatic rings. The number of hydrogen-bond acceptors (Lipinski definition) is 5. The maximum Gasteiger partial charge on any atom is 0.255 e. The molecular formula is C15H24N4O2. The number of H-pyrrole nitrogens is 1. The standard InChI is InChI=1S/C15H24N4O2/c20-14-12-4-1-2-5-13(12)17-15(18-14)16-6-3-7-19-8-10-21-11-9-19/h1-11H2,(H2,16,17,18,20). The Balaban J connectivity index is 1.49. The molecular weight excluding hydrogens is 268 g/mol. The maximum atomic E-state index is 12.0. The highest BCUT2D eigenvalue weighted by molar-refractivity contribution is 5.30. The predicted octanol–water partition coefficient (Wildman–Crippen LogP) is 0.783. The van der Waals surface area contributed by atoms with E-state index < -0.39 is 0 Å². The van der Waals surface area contributed by atoms with E-state index in [-0.39, 0.29) is 5.56 Å². The summed E-state index contributed by atoms with van der Waals surface area (Å²) in [6.45, 7) is 5.62. The van der Waals surface area contributed by atoms with Gasteiger partial charge in [-0.15, -0.1) is 0 Å². The number of aryl methyl sites for hydroxylation is 1. The van der Waals surface area contributed by atoms with Crippen molar-refractivity contribution in [3.05, 3.63) is 21.6 Å². The predicted molar refractivity (Wildman–Crippen MR) is 81.9 cm³/mol. The average molecular weight is 292 g/mol. The van der Waals surface area contributed by atoms with Crippen molar-refractivity contribution in [1.82, 2.24) is 14.9 Å². The number of hydrogen-bond donors (Lipinski definition) is 2. The van der Waals surface area contributed by atoms with Crippen LogP contribution >= 0.6 is 0 Å². The van der Waals surface area contributed by atoms with Crippen LogP contribution in [0.5, 0.6) is 0 Å². The van der Waals surface area contributed by atoms with E-state index in [2.05, 4.69) is 20.2 Å². The minimum Gasteiger partial charge on any atom is -0.379 e. The lowest BCUT2D eigenvalue weighted by molar-refractivity contribution is 0.0378. The van der Waals surface area contributed by atoms with Gasteiger partial charge in [-0.2, -0.15) is 0 Å². The number of aromatic nitrogens is 2. The lowest BCUT2D eigenvalue weighted by Gasteiger charge is -2.26. The summed E-state index contributed by atoms with van der Waals surface area (Å²) < 4.78 is 5.33. The highest BCUT2D eigenvalue weighted by Crippen LogP contribution is 2.16. The Labute approximate surface area is 124 Å². The molecule has 2 aliphatic rings. The Morgan fingerprint density at radius 3 is 2.90 bits per heavy atom. The van der Waals surface area contributed by atoms with E-state index in [4.69, 9.17) is 4.74 Å². The normalized spacial score (nSPS) is 19.2. The van der Waals surface area contributed by atoms with Gasteiger partial charge in [-0.3, -0.25) is 14.7 Å². The van der Waals surface area contributed by atoms with Gasteiger partial charge in [0.15, 0.2) is 0 Å². The minimum atomic E-state index is 0.0374. The van der Waals surface area contributed by atoms with Crippen molar-refractivity contribution in [1.29, 1.82) is 0 Å². The molecule has 2 heterocycles. The molecule has 6 heteroatoms. The van der Waals surface area contributed by atoms with Gasteiger partial charge in [0.25, 0.3) is 5.56 Å². The van der Waals surface area contributed by atoms with Gasteiger partial charge in [0.1, 0.15) is 0 Å². The monoisotopic (exact) mass is 292 g/mol. The first kappa shape index (κ1) is 14.5. The van der Waals surface area contributed by atoms with Crippen LogP contribution in [0, 0.1) is 0 Å². The zero-order chi connectivity index (χ0) is 14.5. The molecule has 0 atom stereocenters. The second-order valence-electron chi connectivity index (χ2n) is 5.78. The summed E-state index contributed by atoms with van der Waals surface area (Å²) in [5.74, 6) is 0.627. The Hall–Kier alpha value is -1.40. The first-order valence-electron chi connectivity index (χ1n) is 7.99. The number of fused-ring (bicyclic) bond motifs is 1. The highest BCUT2D eigenvalue weighted by Gasteiger charge is 2.15. The summed E-state index contributed by atoms with van der Waals surface area (Å²) in [5.41, 5.74) is 1.91. The summed E-state index contributed by atoms with van der Waals surface area (Å²) in [6, 6.07) is 0. The zero-order valence-corrected chi connectivity index (χ0v) is 12.5. The molecule has 1 fully saturated rings. The van der Waals surface area contributed by atoms with Gasteiger partial charge in [0, 0.05) is 25.2 Å². The van der Waals surface area contributed by atoms with Gasteiger partial charge in [-0.25, -0.2) is 4.98 Å². The number of nitrogens with zero attached hydrogens (tertiary/aromatic N) is 2. The number of anilines is 1. The molecule has 0 bridgehead atoms. The Morgan fingerprint density at radius 1 is 1.24 bits per heavy atom. The third-order valence-electron chi connectivity index (χ3n) is 4.24. The summed E-state index contributed by atoms with van der Waals surface area (Å²) in [7, 11) is 0. The third-order valence-corrected chi connectivity index (χ3v) is 4.24. The Bertz CT molecular complexity index is 523. The van der Waals surface area contributed by atoms with Crippen LogP contribution in [0.2, 0.25) is 0 Å². The number of ether oxygens (including phenoxy) is 1. The third kappa shape index (κ3) is 3.83. The first-order chi connectivity index (χ1) is 10.3. The molecule has 2 N–H and O–H groups in total. The molecule has 1 aliphatic heterocycles. The molecule has 3 rings (SSSR count). The van der Waals surface area contributed by atoms with Crippen LogP contribution in [0.3, 0.4) is 0 Å². The average Bonchev–Trinajstić information content (AvgIpc) is 2.53. The van der Waals surface area contributed by atoms with Crippen LogP contribution in [0.4, 0.5) is 5.95 Å². The van der Waals surface area contributed by atoms with Gasteiger partial charge in [-0.1, -0.05) is 0 Å². The van der Waals surface area contributed by atoms with Crippen LogP contribution < -0.4 is 10.9 Å². The van der Waals surface area contributed by atoms with Gasteiger partial charge in [0.2, 0.25) is 5.95 Å². The van der Waals surface area contributed by atoms with Crippen LogP contribution in [0.1, 0.15) is 30.5 Å². The molecule has 0 aromatic carbocycles. The fourth-order valence-electron chi connectivity index (χ4n) is 3.02. The summed E-state index contributed by atoms with van der Waals surface area (Å²) >= 11 is 0. The summed E-state index contributed by atoms with van der Waals surface area (Å²) in [4.78, 5) is 21.8. The zero-order valence-electron chi connectivity index (χ0n) is 12.5. The molecule has 0 unspecified atom stereocenters. The minimum absolute atomic E-state index is 0.0374. The van der Waals surface area contributed by atoms with Crippen molar-refractivity contribution in [3.63, 3.8) is 0 Å². The van der Waals surface area contributed by atoms with Crippen LogP contribution in [0.15, 0.2) is 4.79 Å². The number of aromatic amines is 1. The molecule has 116 valence electrons. The van der Waals surface area contributed by atoms with E-state index in [1.165, 1.54) is 0 Å². The lowest BCUT2D eigenvalue weighted by Crippen LogP contribution is -2.37. The number of nitrogens with one attached hydrogen (secondary N) is 2. The van der Waals surface area contributed by atoms with Crippen molar-refractivity contribution >= 4 is 5.95 Å². The first-order valence-corrected chi connectivity index (χ1v) is 7.99. The van der Waals surface area contributed by atoms with E-state index >= 15 is 0 Å². The van der Waals surface area contributed by atoms with E-state index in [9.17, 15) is 4.79 Å². The van der Waals surface area contributed by atoms with Crippen molar-refractivity contribution < 1.29 is 4.74 Å². The van der Waals surface area contributed by atoms with Gasteiger partial charge < -0.3 is 10.1 Å². The van der Waals surface area contributed by atoms with Crippen molar-refractivity contribution in [2.45, 2.75) is 32.1 Å².